The van der Waals surface area contributed by atoms with Gasteiger partial charge < -0.3 is 0 Å². The van der Waals surface area contributed by atoms with Crippen molar-refractivity contribution < 1.29 is 4.79 Å². The Hall–Kier alpha value is 0.177. The van der Waals surface area contributed by atoms with E-state index in [1.54, 1.807) is 6.08 Å². The van der Waals surface area contributed by atoms with Gasteiger partial charge in [0.1, 0.15) is 0 Å². The molecule has 0 radical (unpaired) electrons. The van der Waals surface area contributed by atoms with Gasteiger partial charge in [0.25, 0.3) is 0 Å². The summed E-state index contributed by atoms with van der Waals surface area (Å²) in [6, 6.07) is 1.06. The van der Waals surface area contributed by atoms with Crippen LogP contribution < -0.4 is 0 Å². The lowest BCUT2D eigenvalue weighted by atomic mass is 10.0. The average molecular weight is 619 g/mol. The monoisotopic (exact) mass is 617 g/mol. The van der Waals surface area contributed by atoms with Crippen LogP contribution in [0.1, 0.15) is 199 Å². The van der Waals surface area contributed by atoms with Crippen molar-refractivity contribution in [1.29, 1.82) is 0 Å². The third-order valence-corrected chi connectivity index (χ3v) is 10.8. The zero-order valence-corrected chi connectivity index (χ0v) is 29.5. The Morgan fingerprint density at radius 1 is 0.400 bits per heavy atom. The minimum absolute atomic E-state index is 0.666. The molecule has 0 aromatic heterocycles. The first-order valence-electron chi connectivity index (χ1n) is 18.0. The van der Waals surface area contributed by atoms with Crippen LogP contribution in [-0.2, 0) is 4.79 Å². The predicted octanol–water partition coefficient (Wildman–Crippen LogP) is 14.0. The molecule has 0 rings (SSSR count). The molecule has 0 spiro atoms. The quantitative estimate of drug-likeness (QED) is 0.0232. The Kier molecular flexibility index (Phi) is 33.8. The second kappa shape index (κ2) is 33.7. The van der Waals surface area contributed by atoms with E-state index in [2.05, 4.69) is 4.99 Å². The van der Waals surface area contributed by atoms with E-state index in [1.807, 2.05) is 6.55 Å². The zero-order valence-electron chi connectivity index (χ0n) is 26.9. The molecule has 2 nitrogen and oxygen atoms in total. The molecular weight excluding hydrogens is 549 g/mol. The Bertz CT molecular complexity index is 534. The number of aliphatic imine (C=N–C) groups is 1. The van der Waals surface area contributed by atoms with Crippen molar-refractivity contribution in [1.82, 2.24) is 0 Å². The molecule has 0 atom stereocenters. The Labute approximate surface area is 262 Å². The van der Waals surface area contributed by atoms with Gasteiger partial charge in [-0.3, -0.25) is 0 Å². The normalized spacial score (nSPS) is 11.7. The van der Waals surface area contributed by atoms with E-state index >= 15 is 0 Å². The summed E-state index contributed by atoms with van der Waals surface area (Å²) in [5, 5.41) is 0. The molecule has 0 aromatic carbocycles. The average Bonchev–Trinajstić information content (AvgIpc) is 2.92. The van der Waals surface area contributed by atoms with E-state index in [0.29, 0.717) is 6.54 Å². The fourth-order valence-electron chi connectivity index (χ4n) is 5.80. The second-order valence-corrected chi connectivity index (χ2v) is 21.0. The van der Waals surface area contributed by atoms with Crippen molar-refractivity contribution >= 4 is 34.9 Å². The van der Waals surface area contributed by atoms with E-state index < -0.39 is 6.69 Å². The maximum Gasteiger partial charge on any atom is 0.248 e. The molecule has 40 heavy (non-hydrogen) atoms. The van der Waals surface area contributed by atoms with Crippen LogP contribution in [0.15, 0.2) is 4.99 Å². The largest absolute Gasteiger partial charge is 0.248 e. The SMILES string of the molecule is C[Si](Cl)(Cl)CCCCCCCCCCCCCCCCCCCCCCCCCCCCCCCCCN=C=O. The lowest BCUT2D eigenvalue weighted by Gasteiger charge is -2.09. The van der Waals surface area contributed by atoms with Crippen molar-refractivity contribution in [2.45, 2.75) is 212 Å². The number of unbranched alkanes of at least 4 members (excludes halogenated alkanes) is 30. The standard InChI is InChI=1S/C35H69Cl2NOSi/c1-40(36,37)34-32-30-28-26-24-22-20-18-16-14-12-10-8-6-4-2-3-5-7-9-11-13-15-17-19-21-23-25-27-29-31-33-38-35-39/h2-34H2,1H3. The van der Waals surface area contributed by atoms with Gasteiger partial charge >= 0.3 is 0 Å². The fraction of sp³-hybridized carbons (Fsp3) is 0.971. The van der Waals surface area contributed by atoms with Gasteiger partial charge in [0, 0.05) is 0 Å². The Morgan fingerprint density at radius 3 is 0.800 bits per heavy atom. The molecule has 0 aliphatic carbocycles. The summed E-state index contributed by atoms with van der Waals surface area (Å²) in [6.07, 6.45) is 45.1. The van der Waals surface area contributed by atoms with Crippen LogP contribution in [0.4, 0.5) is 0 Å². The van der Waals surface area contributed by atoms with Gasteiger partial charge in [-0.15, -0.1) is 22.2 Å². The maximum absolute atomic E-state index is 9.99. The molecule has 0 aliphatic rings. The summed E-state index contributed by atoms with van der Waals surface area (Å²) in [4.78, 5) is 13.6. The first-order chi connectivity index (χ1) is 19.6. The molecular formula is C35H69Cl2NOSi. The van der Waals surface area contributed by atoms with Gasteiger partial charge in [0.15, 0.2) is 0 Å². The third-order valence-electron chi connectivity index (χ3n) is 8.45. The van der Waals surface area contributed by atoms with Gasteiger partial charge in [0.05, 0.1) is 6.54 Å². The molecule has 5 heteroatoms. The number of hydrogen-bond donors (Lipinski definition) is 0. The van der Waals surface area contributed by atoms with Crippen LogP contribution in [0, 0.1) is 0 Å². The number of nitrogens with zero attached hydrogens (tertiary/aromatic N) is 1. The van der Waals surface area contributed by atoms with Crippen LogP contribution in [0.3, 0.4) is 0 Å². The summed E-state index contributed by atoms with van der Waals surface area (Å²) < 4.78 is 0. The number of rotatable bonds is 34. The molecule has 0 saturated heterocycles. The first-order valence-corrected chi connectivity index (χ1v) is 22.7. The highest BCUT2D eigenvalue weighted by Gasteiger charge is 2.19. The van der Waals surface area contributed by atoms with E-state index in [-0.39, 0.29) is 0 Å². The van der Waals surface area contributed by atoms with Gasteiger partial charge in [-0.05, 0) is 19.0 Å². The molecule has 0 aliphatic heterocycles. The molecule has 0 heterocycles. The molecule has 0 amide bonds. The Balaban J connectivity index is 3.05. The van der Waals surface area contributed by atoms with Gasteiger partial charge in [-0.2, -0.15) is 0 Å². The first kappa shape index (κ1) is 40.2. The molecule has 0 unspecified atom stereocenters. The van der Waals surface area contributed by atoms with Crippen molar-refractivity contribution in [3.05, 3.63) is 0 Å². The third kappa shape index (κ3) is 38.2. The topological polar surface area (TPSA) is 29.4 Å². The van der Waals surface area contributed by atoms with Crippen LogP contribution in [-0.4, -0.2) is 19.3 Å². The highest BCUT2D eigenvalue weighted by Crippen LogP contribution is 2.23. The molecule has 0 saturated carbocycles. The van der Waals surface area contributed by atoms with E-state index in [1.165, 1.54) is 193 Å². The van der Waals surface area contributed by atoms with Gasteiger partial charge in [0.2, 0.25) is 12.8 Å². The van der Waals surface area contributed by atoms with Gasteiger partial charge in [-0.25, -0.2) is 9.79 Å². The van der Waals surface area contributed by atoms with E-state index in [4.69, 9.17) is 22.2 Å². The number of carbonyl (C=O) groups excluding carboxylic acids is 1. The fourth-order valence-corrected chi connectivity index (χ4v) is 7.47. The summed E-state index contributed by atoms with van der Waals surface area (Å²) in [5.41, 5.74) is 0. The van der Waals surface area contributed by atoms with E-state index in [0.717, 1.165) is 12.5 Å². The molecule has 238 valence electrons. The number of hydrogen-bond acceptors (Lipinski definition) is 2. The van der Waals surface area contributed by atoms with Gasteiger partial charge in [-0.1, -0.05) is 193 Å². The van der Waals surface area contributed by atoms with Crippen LogP contribution in [0.5, 0.6) is 0 Å². The van der Waals surface area contributed by atoms with Crippen molar-refractivity contribution in [2.24, 2.45) is 4.99 Å². The van der Waals surface area contributed by atoms with Crippen LogP contribution in [0.2, 0.25) is 12.6 Å². The van der Waals surface area contributed by atoms with Crippen molar-refractivity contribution in [3.8, 4) is 0 Å². The van der Waals surface area contributed by atoms with E-state index in [9.17, 15) is 4.79 Å². The molecule has 0 N–H and O–H groups in total. The van der Waals surface area contributed by atoms with Crippen molar-refractivity contribution in [3.63, 3.8) is 0 Å². The lowest BCUT2D eigenvalue weighted by Crippen LogP contribution is -2.11. The summed E-state index contributed by atoms with van der Waals surface area (Å²) in [6.45, 7) is 0.858. The Morgan fingerprint density at radius 2 is 0.600 bits per heavy atom. The number of isocyanates is 1. The van der Waals surface area contributed by atoms with Crippen LogP contribution in [0.25, 0.3) is 0 Å². The van der Waals surface area contributed by atoms with Crippen molar-refractivity contribution in [2.75, 3.05) is 6.54 Å². The maximum atomic E-state index is 9.99. The molecule has 0 fully saturated rings. The minimum atomic E-state index is -1.84. The predicted molar refractivity (Wildman–Crippen MR) is 184 cm³/mol. The highest BCUT2D eigenvalue weighted by molar-refractivity contribution is 7.44. The summed E-state index contributed by atoms with van der Waals surface area (Å²) in [7, 11) is 0. The smallest absolute Gasteiger partial charge is 0.211 e. The summed E-state index contributed by atoms with van der Waals surface area (Å²) in [5.74, 6) is 0. The van der Waals surface area contributed by atoms with Crippen LogP contribution >= 0.6 is 22.2 Å². The second-order valence-electron chi connectivity index (χ2n) is 12.8. The molecule has 0 bridgehead atoms. The zero-order chi connectivity index (χ0) is 29.2. The summed E-state index contributed by atoms with van der Waals surface area (Å²) >= 11 is 12.3. The lowest BCUT2D eigenvalue weighted by molar-refractivity contribution is 0.512. The molecule has 0 aromatic rings. The minimum Gasteiger partial charge on any atom is -0.211 e. The highest BCUT2D eigenvalue weighted by atomic mass is 35.7. The number of halogens is 2.